The number of thioether (sulfide) groups is 1. The number of nitrogens with one attached hydrogen (secondary N) is 1. The lowest BCUT2D eigenvalue weighted by Crippen LogP contribution is -2.51. The van der Waals surface area contributed by atoms with Crippen LogP contribution in [0.5, 0.6) is 0 Å². The molecule has 5 heteroatoms. The van der Waals surface area contributed by atoms with Gasteiger partial charge in [0.2, 0.25) is 11.8 Å². The van der Waals surface area contributed by atoms with Crippen LogP contribution in [0.4, 0.5) is 0 Å². The number of amides is 2. The lowest BCUT2D eigenvalue weighted by Gasteiger charge is -2.31. The average molecular weight is 439 g/mol. The Morgan fingerprint density at radius 3 is 2.35 bits per heavy atom. The largest absolute Gasteiger partial charge is 0.352 e. The minimum Gasteiger partial charge on any atom is -0.352 e. The summed E-state index contributed by atoms with van der Waals surface area (Å²) in [4.78, 5) is 28.1. The van der Waals surface area contributed by atoms with Crippen molar-refractivity contribution in [2.24, 2.45) is 0 Å². The summed E-state index contributed by atoms with van der Waals surface area (Å²) in [6.45, 7) is 4.52. The number of nitrogens with zero attached hydrogens (tertiary/aromatic N) is 1. The van der Waals surface area contributed by atoms with Gasteiger partial charge in [-0.2, -0.15) is 0 Å². The number of hydrogen-bond acceptors (Lipinski definition) is 3. The molecule has 0 aromatic heterocycles. The highest BCUT2D eigenvalue weighted by molar-refractivity contribution is 7.99. The molecule has 2 aromatic carbocycles. The second kappa shape index (κ2) is 11.9. The Kier molecular flexibility index (Phi) is 9.01. The lowest BCUT2D eigenvalue weighted by molar-refractivity contribution is -0.139. The Hall–Kier alpha value is -2.27. The average Bonchev–Trinajstić information content (AvgIpc) is 3.28. The summed E-state index contributed by atoms with van der Waals surface area (Å²) in [5.74, 6) is 1.17. The van der Waals surface area contributed by atoms with E-state index >= 15 is 0 Å². The standard InChI is InChI=1S/C26H34N2O2S/c1-3-24(26(30)27-23-11-7-8-12-23)28(17-21-9-5-4-6-10-21)25(29)19-31-18-22-15-13-20(2)14-16-22/h4-6,9-10,13-16,23-24H,3,7-8,11-12,17-19H2,1-2H3,(H,27,30)/t24-/m0/s1. The molecule has 0 aliphatic heterocycles. The van der Waals surface area contributed by atoms with Crippen LogP contribution in [0.1, 0.15) is 55.7 Å². The van der Waals surface area contributed by atoms with Gasteiger partial charge in [0.05, 0.1) is 5.75 Å². The summed E-state index contributed by atoms with van der Waals surface area (Å²) in [6, 6.07) is 18.2. The fourth-order valence-corrected chi connectivity index (χ4v) is 4.96. The molecule has 1 saturated carbocycles. The van der Waals surface area contributed by atoms with Crippen molar-refractivity contribution in [3.63, 3.8) is 0 Å². The van der Waals surface area contributed by atoms with Crippen LogP contribution in [0.15, 0.2) is 54.6 Å². The third-order valence-corrected chi connectivity index (χ3v) is 6.89. The van der Waals surface area contributed by atoms with Crippen molar-refractivity contribution in [1.29, 1.82) is 0 Å². The van der Waals surface area contributed by atoms with Crippen LogP contribution >= 0.6 is 11.8 Å². The van der Waals surface area contributed by atoms with Crippen molar-refractivity contribution in [1.82, 2.24) is 10.2 Å². The van der Waals surface area contributed by atoms with Gasteiger partial charge in [-0.05, 0) is 37.3 Å². The van der Waals surface area contributed by atoms with E-state index in [1.807, 2.05) is 37.3 Å². The summed E-state index contributed by atoms with van der Waals surface area (Å²) >= 11 is 1.61. The molecule has 2 aromatic rings. The Morgan fingerprint density at radius 2 is 1.71 bits per heavy atom. The van der Waals surface area contributed by atoms with Crippen molar-refractivity contribution in [2.75, 3.05) is 5.75 Å². The molecule has 0 saturated heterocycles. The molecule has 4 nitrogen and oxygen atoms in total. The number of rotatable bonds is 10. The molecule has 1 fully saturated rings. The Morgan fingerprint density at radius 1 is 1.03 bits per heavy atom. The van der Waals surface area contributed by atoms with E-state index in [2.05, 4.69) is 36.5 Å². The van der Waals surface area contributed by atoms with Gasteiger partial charge in [-0.25, -0.2) is 0 Å². The number of hydrogen-bond donors (Lipinski definition) is 1. The van der Waals surface area contributed by atoms with Gasteiger partial charge >= 0.3 is 0 Å². The first-order chi connectivity index (χ1) is 15.1. The van der Waals surface area contributed by atoms with E-state index < -0.39 is 6.04 Å². The maximum absolute atomic E-state index is 13.3. The highest BCUT2D eigenvalue weighted by Crippen LogP contribution is 2.20. The molecule has 1 aliphatic carbocycles. The molecule has 1 N–H and O–H groups in total. The molecular weight excluding hydrogens is 404 g/mol. The molecule has 0 heterocycles. The fraction of sp³-hybridized carbons (Fsp3) is 0.462. The summed E-state index contributed by atoms with van der Waals surface area (Å²) < 4.78 is 0. The molecule has 0 spiro atoms. The first-order valence-electron chi connectivity index (χ1n) is 11.3. The highest BCUT2D eigenvalue weighted by Gasteiger charge is 2.30. The van der Waals surface area contributed by atoms with Crippen LogP contribution in [0, 0.1) is 6.92 Å². The van der Waals surface area contributed by atoms with Gasteiger partial charge in [0.25, 0.3) is 0 Å². The predicted molar refractivity (Wildman–Crippen MR) is 129 cm³/mol. The van der Waals surface area contributed by atoms with Crippen molar-refractivity contribution in [3.8, 4) is 0 Å². The summed E-state index contributed by atoms with van der Waals surface area (Å²) in [5.41, 5.74) is 3.49. The molecule has 2 amide bonds. The van der Waals surface area contributed by atoms with E-state index in [1.165, 1.54) is 24.0 Å². The minimum atomic E-state index is -0.437. The van der Waals surface area contributed by atoms with Gasteiger partial charge < -0.3 is 10.2 Å². The van der Waals surface area contributed by atoms with E-state index in [-0.39, 0.29) is 17.9 Å². The fourth-order valence-electron chi connectivity index (χ4n) is 4.09. The van der Waals surface area contributed by atoms with Crippen LogP contribution in [0.3, 0.4) is 0 Å². The van der Waals surface area contributed by atoms with Gasteiger partial charge in [-0.15, -0.1) is 11.8 Å². The van der Waals surface area contributed by atoms with Gasteiger partial charge in [0, 0.05) is 18.3 Å². The second-order valence-corrected chi connectivity index (χ2v) is 9.39. The second-order valence-electron chi connectivity index (χ2n) is 8.40. The number of benzene rings is 2. The third-order valence-electron chi connectivity index (χ3n) is 5.90. The van der Waals surface area contributed by atoms with Crippen LogP contribution in [-0.4, -0.2) is 34.6 Å². The van der Waals surface area contributed by atoms with E-state index in [1.54, 1.807) is 16.7 Å². The molecule has 1 atom stereocenters. The molecule has 0 radical (unpaired) electrons. The zero-order chi connectivity index (χ0) is 22.1. The third kappa shape index (κ3) is 7.13. The molecule has 3 rings (SSSR count). The Bertz CT molecular complexity index is 832. The molecule has 0 unspecified atom stereocenters. The molecule has 166 valence electrons. The number of aryl methyl sites for hydroxylation is 1. The quantitative estimate of drug-likeness (QED) is 0.562. The van der Waals surface area contributed by atoms with E-state index in [4.69, 9.17) is 0 Å². The molecule has 31 heavy (non-hydrogen) atoms. The summed E-state index contributed by atoms with van der Waals surface area (Å²) in [5, 5.41) is 3.20. The van der Waals surface area contributed by atoms with Crippen molar-refractivity contribution >= 4 is 23.6 Å². The van der Waals surface area contributed by atoms with E-state index in [0.717, 1.165) is 24.2 Å². The van der Waals surface area contributed by atoms with Gasteiger partial charge in [-0.3, -0.25) is 9.59 Å². The Labute approximate surface area is 190 Å². The number of carbonyl (C=O) groups excluding carboxylic acids is 2. The van der Waals surface area contributed by atoms with Crippen LogP contribution in [0.25, 0.3) is 0 Å². The van der Waals surface area contributed by atoms with E-state index in [9.17, 15) is 9.59 Å². The smallest absolute Gasteiger partial charge is 0.243 e. The zero-order valence-corrected chi connectivity index (χ0v) is 19.5. The van der Waals surface area contributed by atoms with Gasteiger partial charge in [-0.1, -0.05) is 79.9 Å². The minimum absolute atomic E-state index is 0.0118. The Balaban J connectivity index is 1.66. The van der Waals surface area contributed by atoms with Crippen LogP contribution in [0.2, 0.25) is 0 Å². The molecule has 0 bridgehead atoms. The maximum Gasteiger partial charge on any atom is 0.243 e. The number of carbonyl (C=O) groups is 2. The predicted octanol–water partition coefficient (Wildman–Crippen LogP) is 5.09. The zero-order valence-electron chi connectivity index (χ0n) is 18.7. The summed E-state index contributed by atoms with van der Waals surface area (Å²) in [7, 11) is 0. The lowest BCUT2D eigenvalue weighted by atomic mass is 10.1. The highest BCUT2D eigenvalue weighted by atomic mass is 32.2. The van der Waals surface area contributed by atoms with Crippen LogP contribution in [-0.2, 0) is 21.9 Å². The van der Waals surface area contributed by atoms with Gasteiger partial charge in [0.15, 0.2) is 0 Å². The maximum atomic E-state index is 13.3. The van der Waals surface area contributed by atoms with Gasteiger partial charge in [0.1, 0.15) is 6.04 Å². The van der Waals surface area contributed by atoms with Crippen LogP contribution < -0.4 is 5.32 Å². The van der Waals surface area contributed by atoms with Crippen molar-refractivity contribution < 1.29 is 9.59 Å². The first-order valence-corrected chi connectivity index (χ1v) is 12.5. The topological polar surface area (TPSA) is 49.4 Å². The summed E-state index contributed by atoms with van der Waals surface area (Å²) in [6.07, 6.45) is 5.04. The monoisotopic (exact) mass is 438 g/mol. The SMILES string of the molecule is CC[C@@H](C(=O)NC1CCCC1)N(Cc1ccccc1)C(=O)CSCc1ccc(C)cc1. The van der Waals surface area contributed by atoms with Crippen molar-refractivity contribution in [3.05, 3.63) is 71.3 Å². The molecule has 1 aliphatic rings. The van der Waals surface area contributed by atoms with E-state index in [0.29, 0.717) is 18.7 Å². The first kappa shape index (κ1) is 23.4. The van der Waals surface area contributed by atoms with Crippen molar-refractivity contribution in [2.45, 2.75) is 70.3 Å². The molecular formula is C26H34N2O2S. The normalized spacial score (nSPS) is 14.9.